The third kappa shape index (κ3) is 6.65. The zero-order chi connectivity index (χ0) is 26.2. The first kappa shape index (κ1) is 26.8. The number of ether oxygens (including phenoxy) is 6. The number of methoxy groups -OCH3 is 2. The molecule has 2 aromatic carbocycles. The van der Waals surface area contributed by atoms with Crippen LogP contribution in [0.2, 0.25) is 0 Å². The third-order valence-corrected chi connectivity index (χ3v) is 5.82. The van der Waals surface area contributed by atoms with E-state index in [-0.39, 0.29) is 0 Å². The maximum Gasteiger partial charge on any atom is 0.412 e. The van der Waals surface area contributed by atoms with Gasteiger partial charge < -0.3 is 38.2 Å². The van der Waals surface area contributed by atoms with Crippen LogP contribution in [0.3, 0.4) is 0 Å². The van der Waals surface area contributed by atoms with Gasteiger partial charge in [-0.25, -0.2) is 9.59 Å². The number of amides is 2. The molecule has 1 saturated heterocycles. The Kier molecular flexibility index (Phi) is 9.10. The predicted octanol–water partition coefficient (Wildman–Crippen LogP) is 4.36. The monoisotopic (exact) mass is 502 g/mol. The lowest BCUT2D eigenvalue weighted by Gasteiger charge is -2.34. The fourth-order valence-electron chi connectivity index (χ4n) is 3.80. The largest absolute Gasteiger partial charge is 0.496 e. The van der Waals surface area contributed by atoms with Gasteiger partial charge in [-0.05, 0) is 38.1 Å². The zero-order valence-electron chi connectivity index (χ0n) is 21.6. The maximum atomic E-state index is 12.6. The molecule has 2 amide bonds. The van der Waals surface area contributed by atoms with E-state index in [0.29, 0.717) is 49.2 Å². The summed E-state index contributed by atoms with van der Waals surface area (Å²) in [6.07, 6.45) is -2.63. The molecule has 0 spiro atoms. The van der Waals surface area contributed by atoms with Gasteiger partial charge in [0.25, 0.3) is 0 Å². The summed E-state index contributed by atoms with van der Waals surface area (Å²) in [6.45, 7) is 8.26. The van der Waals surface area contributed by atoms with Crippen LogP contribution in [0.25, 0.3) is 0 Å². The normalized spacial score (nSPS) is 14.9. The zero-order valence-corrected chi connectivity index (χ0v) is 21.6. The van der Waals surface area contributed by atoms with Crippen LogP contribution in [0.15, 0.2) is 36.4 Å². The second-order valence-electron chi connectivity index (χ2n) is 8.28. The Morgan fingerprint density at radius 1 is 0.667 bits per heavy atom. The summed E-state index contributed by atoms with van der Waals surface area (Å²) in [5.74, 6) is 2.52. The summed E-state index contributed by atoms with van der Waals surface area (Å²) < 4.78 is 33.0. The predicted molar refractivity (Wildman–Crippen MR) is 132 cm³/mol. The van der Waals surface area contributed by atoms with E-state index < -0.39 is 24.8 Å². The van der Waals surface area contributed by atoms with Crippen LogP contribution in [0, 0.1) is 13.8 Å². The Bertz CT molecular complexity index is 969. The molecule has 2 atom stereocenters. The van der Waals surface area contributed by atoms with E-state index >= 15 is 0 Å². The second-order valence-corrected chi connectivity index (χ2v) is 8.28. The minimum Gasteiger partial charge on any atom is -0.496 e. The molecular formula is C26H34N2O8. The van der Waals surface area contributed by atoms with E-state index in [4.69, 9.17) is 28.4 Å². The Labute approximate surface area is 211 Å². The Morgan fingerprint density at radius 3 is 1.33 bits per heavy atom. The first-order valence-electron chi connectivity index (χ1n) is 11.7. The van der Waals surface area contributed by atoms with E-state index in [9.17, 15) is 9.59 Å². The summed E-state index contributed by atoms with van der Waals surface area (Å²) in [7, 11) is 3.17. The van der Waals surface area contributed by atoms with Gasteiger partial charge in [-0.15, -0.1) is 0 Å². The molecule has 0 aliphatic carbocycles. The Morgan fingerprint density at radius 2 is 1.00 bits per heavy atom. The fraction of sp³-hybridized carbons (Fsp3) is 0.462. The molecule has 10 heteroatoms. The van der Waals surface area contributed by atoms with Crippen molar-refractivity contribution in [2.24, 2.45) is 0 Å². The van der Waals surface area contributed by atoms with Crippen molar-refractivity contribution in [1.29, 1.82) is 0 Å². The van der Waals surface area contributed by atoms with Gasteiger partial charge in [0.1, 0.15) is 23.0 Å². The van der Waals surface area contributed by atoms with Crippen molar-refractivity contribution in [3.05, 3.63) is 47.5 Å². The quantitative estimate of drug-likeness (QED) is 0.492. The van der Waals surface area contributed by atoms with Crippen molar-refractivity contribution in [3.8, 4) is 23.0 Å². The third-order valence-electron chi connectivity index (χ3n) is 5.82. The SMILES string of the molecule is COc1cccc(O[C@@H](C)OC(=O)N2CCN(C(=O)O[C@H](C)Oc3cccc(OC)c3C)CC2)c1C. The van der Waals surface area contributed by atoms with Crippen LogP contribution in [0.1, 0.15) is 25.0 Å². The van der Waals surface area contributed by atoms with Gasteiger partial charge in [0.2, 0.25) is 12.6 Å². The minimum absolute atomic E-state index is 0.309. The van der Waals surface area contributed by atoms with Crippen LogP contribution < -0.4 is 18.9 Å². The van der Waals surface area contributed by atoms with Gasteiger partial charge in [0.15, 0.2) is 0 Å². The van der Waals surface area contributed by atoms with Crippen molar-refractivity contribution < 1.29 is 38.0 Å². The minimum atomic E-state index is -0.802. The Hall–Kier alpha value is -3.82. The topological polar surface area (TPSA) is 96.0 Å². The molecule has 1 aliphatic heterocycles. The van der Waals surface area contributed by atoms with Gasteiger partial charge in [-0.1, -0.05) is 12.1 Å². The van der Waals surface area contributed by atoms with Crippen molar-refractivity contribution in [3.63, 3.8) is 0 Å². The molecule has 196 valence electrons. The van der Waals surface area contributed by atoms with Crippen molar-refractivity contribution in [2.75, 3.05) is 40.4 Å². The number of hydrogen-bond donors (Lipinski definition) is 0. The van der Waals surface area contributed by atoms with E-state index in [2.05, 4.69) is 0 Å². The molecule has 0 saturated carbocycles. The molecular weight excluding hydrogens is 468 g/mol. The van der Waals surface area contributed by atoms with Gasteiger partial charge in [-0.3, -0.25) is 0 Å². The lowest BCUT2D eigenvalue weighted by molar-refractivity contribution is -0.0482. The molecule has 0 unspecified atom stereocenters. The van der Waals surface area contributed by atoms with E-state index in [1.165, 1.54) is 9.80 Å². The van der Waals surface area contributed by atoms with Gasteiger partial charge in [0.05, 0.1) is 14.2 Å². The summed E-state index contributed by atoms with van der Waals surface area (Å²) >= 11 is 0. The standard InChI is InChI=1S/C26H34N2O8/c1-17-21(31-5)9-7-11-23(17)33-19(3)35-25(29)27-13-15-28(16-14-27)26(30)36-20(4)34-24-12-8-10-22(32-6)18(24)2/h7-12,19-20H,13-16H2,1-6H3/t19-,20-/m1/s1. The molecule has 1 heterocycles. The van der Waals surface area contributed by atoms with E-state index in [1.54, 1.807) is 52.3 Å². The second kappa shape index (κ2) is 12.2. The fourth-order valence-corrected chi connectivity index (χ4v) is 3.80. The van der Waals surface area contributed by atoms with Gasteiger partial charge in [-0.2, -0.15) is 0 Å². The lowest BCUT2D eigenvalue weighted by Crippen LogP contribution is -2.51. The molecule has 0 N–H and O–H groups in total. The highest BCUT2D eigenvalue weighted by molar-refractivity contribution is 5.70. The van der Waals surface area contributed by atoms with E-state index in [0.717, 1.165) is 11.1 Å². The number of rotatable bonds is 8. The molecule has 0 radical (unpaired) electrons. The summed E-state index contributed by atoms with van der Waals surface area (Å²) in [5.41, 5.74) is 1.63. The van der Waals surface area contributed by atoms with E-state index in [1.807, 2.05) is 26.0 Å². The molecule has 0 aromatic heterocycles. The average molecular weight is 503 g/mol. The average Bonchev–Trinajstić information content (AvgIpc) is 2.86. The first-order chi connectivity index (χ1) is 17.2. The van der Waals surface area contributed by atoms with Crippen LogP contribution in [-0.2, 0) is 9.47 Å². The smallest absolute Gasteiger partial charge is 0.412 e. The highest BCUT2D eigenvalue weighted by Crippen LogP contribution is 2.29. The number of hydrogen-bond acceptors (Lipinski definition) is 8. The number of carbonyl (C=O) groups excluding carboxylic acids is 2. The summed E-state index contributed by atoms with van der Waals surface area (Å²) in [4.78, 5) is 28.2. The molecule has 0 bridgehead atoms. The van der Waals surface area contributed by atoms with Crippen LogP contribution in [0.5, 0.6) is 23.0 Å². The molecule has 2 aromatic rings. The van der Waals surface area contributed by atoms with Crippen molar-refractivity contribution >= 4 is 12.2 Å². The van der Waals surface area contributed by atoms with Crippen molar-refractivity contribution in [1.82, 2.24) is 9.80 Å². The number of benzene rings is 2. The van der Waals surface area contributed by atoms with Gasteiger partial charge >= 0.3 is 12.2 Å². The molecule has 36 heavy (non-hydrogen) atoms. The molecule has 1 aliphatic rings. The lowest BCUT2D eigenvalue weighted by atomic mass is 10.2. The van der Waals surface area contributed by atoms with Crippen LogP contribution in [0.4, 0.5) is 9.59 Å². The van der Waals surface area contributed by atoms with Crippen molar-refractivity contribution in [2.45, 2.75) is 40.3 Å². The first-order valence-corrected chi connectivity index (χ1v) is 11.7. The maximum absolute atomic E-state index is 12.6. The number of nitrogens with zero attached hydrogens (tertiary/aromatic N) is 2. The van der Waals surface area contributed by atoms with Crippen LogP contribution in [-0.4, -0.2) is 75.0 Å². The summed E-state index contributed by atoms with van der Waals surface area (Å²) in [5, 5.41) is 0. The highest BCUT2D eigenvalue weighted by Gasteiger charge is 2.28. The Balaban J connectivity index is 1.44. The number of piperazine rings is 1. The summed E-state index contributed by atoms with van der Waals surface area (Å²) in [6, 6.07) is 10.8. The molecule has 1 fully saturated rings. The van der Waals surface area contributed by atoms with Crippen LogP contribution >= 0.6 is 0 Å². The molecule has 10 nitrogen and oxygen atoms in total. The van der Waals surface area contributed by atoms with Gasteiger partial charge in [0, 0.05) is 51.2 Å². The highest BCUT2D eigenvalue weighted by atomic mass is 16.7. The number of carbonyl (C=O) groups is 2. The molecule has 3 rings (SSSR count).